The summed E-state index contributed by atoms with van der Waals surface area (Å²) < 4.78 is 45.0. The number of amides is 1. The van der Waals surface area contributed by atoms with E-state index in [1.165, 1.54) is 9.21 Å². The van der Waals surface area contributed by atoms with Gasteiger partial charge in [-0.1, -0.05) is 13.8 Å². The second-order valence-electron chi connectivity index (χ2n) is 5.37. The molecule has 26 heavy (non-hydrogen) atoms. The Morgan fingerprint density at radius 2 is 1.62 bits per heavy atom. The summed E-state index contributed by atoms with van der Waals surface area (Å²) in [6.45, 7) is 7.79. The van der Waals surface area contributed by atoms with Crippen LogP contribution in [0.3, 0.4) is 0 Å². The molecular weight excluding hydrogens is 363 g/mol. The maximum atomic E-state index is 14.0. The molecule has 0 heterocycles. The van der Waals surface area contributed by atoms with Gasteiger partial charge in [0.05, 0.1) is 10.5 Å². The second kappa shape index (κ2) is 9.63. The molecule has 1 aromatic rings. The lowest BCUT2D eigenvalue weighted by molar-refractivity contribution is -0.134. The standard InChI is InChI=1S/C17H25FN2O5S/c1-5-19(6-2)16(21)12-25-17(22)14-11-13(9-10-15(14)18)26(23,24)20(7-3)8-4/h9-11H,5-8,12H2,1-4H3. The zero-order valence-corrected chi connectivity index (χ0v) is 16.3. The first-order valence-corrected chi connectivity index (χ1v) is 9.91. The van der Waals surface area contributed by atoms with Gasteiger partial charge < -0.3 is 9.64 Å². The fourth-order valence-corrected chi connectivity index (χ4v) is 3.89. The van der Waals surface area contributed by atoms with Crippen molar-refractivity contribution in [3.05, 3.63) is 29.6 Å². The molecule has 1 rings (SSSR count). The van der Waals surface area contributed by atoms with Crippen LogP contribution >= 0.6 is 0 Å². The van der Waals surface area contributed by atoms with Gasteiger partial charge >= 0.3 is 5.97 Å². The van der Waals surface area contributed by atoms with Gasteiger partial charge in [0.15, 0.2) is 6.61 Å². The van der Waals surface area contributed by atoms with Crippen LogP contribution in [0.5, 0.6) is 0 Å². The smallest absolute Gasteiger partial charge is 0.341 e. The van der Waals surface area contributed by atoms with E-state index in [-0.39, 0.29) is 18.0 Å². The van der Waals surface area contributed by atoms with Gasteiger partial charge in [0.2, 0.25) is 10.0 Å². The number of hydrogen-bond donors (Lipinski definition) is 0. The second-order valence-corrected chi connectivity index (χ2v) is 7.31. The summed E-state index contributed by atoms with van der Waals surface area (Å²) in [6, 6.07) is 2.94. The minimum absolute atomic E-state index is 0.204. The topological polar surface area (TPSA) is 84.0 Å². The monoisotopic (exact) mass is 388 g/mol. The third-order valence-electron chi connectivity index (χ3n) is 3.94. The summed E-state index contributed by atoms with van der Waals surface area (Å²) in [6.07, 6.45) is 0. The molecule has 0 saturated carbocycles. The van der Waals surface area contributed by atoms with E-state index in [2.05, 4.69) is 0 Å². The van der Waals surface area contributed by atoms with Crippen molar-refractivity contribution in [1.82, 2.24) is 9.21 Å². The Labute approximate surface area is 153 Å². The molecule has 0 aromatic heterocycles. The van der Waals surface area contributed by atoms with Crippen molar-refractivity contribution in [3.8, 4) is 0 Å². The quantitative estimate of drug-likeness (QED) is 0.603. The minimum Gasteiger partial charge on any atom is -0.452 e. The number of ether oxygens (including phenoxy) is 1. The Morgan fingerprint density at radius 1 is 1.04 bits per heavy atom. The Hall–Kier alpha value is -2.00. The highest BCUT2D eigenvalue weighted by atomic mass is 32.2. The van der Waals surface area contributed by atoms with Gasteiger partial charge in [0.25, 0.3) is 5.91 Å². The van der Waals surface area contributed by atoms with Crippen LogP contribution in [0.15, 0.2) is 23.1 Å². The molecule has 0 aliphatic carbocycles. The van der Waals surface area contributed by atoms with Crippen LogP contribution in [0.2, 0.25) is 0 Å². The third-order valence-corrected chi connectivity index (χ3v) is 5.99. The van der Waals surface area contributed by atoms with Crippen LogP contribution in [-0.2, 0) is 19.6 Å². The number of carbonyl (C=O) groups excluding carboxylic acids is 2. The van der Waals surface area contributed by atoms with Gasteiger partial charge in [0.1, 0.15) is 5.82 Å². The Bertz CT molecular complexity index is 744. The SMILES string of the molecule is CCN(CC)C(=O)COC(=O)c1cc(S(=O)(=O)N(CC)CC)ccc1F. The molecule has 0 spiro atoms. The summed E-state index contributed by atoms with van der Waals surface area (Å²) in [5.74, 6) is -2.40. The van der Waals surface area contributed by atoms with Crippen molar-refractivity contribution in [1.29, 1.82) is 0 Å². The number of nitrogens with zero attached hydrogens (tertiary/aromatic N) is 2. The lowest BCUT2D eigenvalue weighted by Gasteiger charge is -2.19. The summed E-state index contributed by atoms with van der Waals surface area (Å²) in [5.41, 5.74) is -0.523. The molecule has 0 atom stereocenters. The summed E-state index contributed by atoms with van der Waals surface area (Å²) in [7, 11) is -3.84. The number of rotatable bonds is 9. The molecule has 0 fully saturated rings. The lowest BCUT2D eigenvalue weighted by Crippen LogP contribution is -2.34. The molecule has 0 aliphatic rings. The molecule has 0 aliphatic heterocycles. The third kappa shape index (κ3) is 5.01. The van der Waals surface area contributed by atoms with Crippen LogP contribution in [0, 0.1) is 5.82 Å². The number of benzene rings is 1. The van der Waals surface area contributed by atoms with Gasteiger partial charge in [-0.3, -0.25) is 4.79 Å². The average molecular weight is 388 g/mol. The number of likely N-dealkylation sites (N-methyl/N-ethyl adjacent to an activating group) is 1. The van der Waals surface area contributed by atoms with E-state index in [0.29, 0.717) is 13.1 Å². The molecule has 0 saturated heterocycles. The normalized spacial score (nSPS) is 11.5. The zero-order valence-electron chi connectivity index (χ0n) is 15.5. The molecule has 146 valence electrons. The van der Waals surface area contributed by atoms with Crippen molar-refractivity contribution < 1.29 is 27.1 Å². The van der Waals surface area contributed by atoms with Crippen molar-refractivity contribution in [2.75, 3.05) is 32.8 Å². The maximum Gasteiger partial charge on any atom is 0.341 e. The van der Waals surface area contributed by atoms with E-state index in [1.54, 1.807) is 27.7 Å². The molecule has 0 unspecified atom stereocenters. The first kappa shape index (κ1) is 22.0. The number of carbonyl (C=O) groups is 2. The molecule has 0 bridgehead atoms. The fraction of sp³-hybridized carbons (Fsp3) is 0.529. The zero-order chi connectivity index (χ0) is 19.9. The minimum atomic E-state index is -3.84. The molecular formula is C17H25FN2O5S. The summed E-state index contributed by atoms with van der Waals surface area (Å²) in [5, 5.41) is 0. The van der Waals surface area contributed by atoms with E-state index in [4.69, 9.17) is 4.74 Å². The van der Waals surface area contributed by atoms with Crippen LogP contribution in [0.4, 0.5) is 4.39 Å². The predicted octanol–water partition coefficient (Wildman–Crippen LogP) is 1.88. The molecule has 1 aromatic carbocycles. The van der Waals surface area contributed by atoms with Crippen molar-refractivity contribution in [2.24, 2.45) is 0 Å². The van der Waals surface area contributed by atoms with Gasteiger partial charge in [0, 0.05) is 26.2 Å². The average Bonchev–Trinajstić information content (AvgIpc) is 2.61. The number of hydrogen-bond acceptors (Lipinski definition) is 5. The van der Waals surface area contributed by atoms with E-state index in [1.807, 2.05) is 0 Å². The van der Waals surface area contributed by atoms with Gasteiger partial charge in [-0.15, -0.1) is 0 Å². The first-order chi connectivity index (χ1) is 12.2. The molecule has 1 amide bonds. The van der Waals surface area contributed by atoms with E-state index in [9.17, 15) is 22.4 Å². The van der Waals surface area contributed by atoms with E-state index >= 15 is 0 Å². The van der Waals surface area contributed by atoms with Crippen LogP contribution < -0.4 is 0 Å². The largest absolute Gasteiger partial charge is 0.452 e. The Kier molecular flexibility index (Phi) is 8.16. The van der Waals surface area contributed by atoms with Crippen LogP contribution in [0.25, 0.3) is 0 Å². The Morgan fingerprint density at radius 3 is 2.12 bits per heavy atom. The van der Waals surface area contributed by atoms with Crippen molar-refractivity contribution in [2.45, 2.75) is 32.6 Å². The van der Waals surface area contributed by atoms with Gasteiger partial charge in [-0.2, -0.15) is 4.31 Å². The number of esters is 1. The highest BCUT2D eigenvalue weighted by Gasteiger charge is 2.25. The van der Waals surface area contributed by atoms with E-state index < -0.39 is 39.9 Å². The van der Waals surface area contributed by atoms with Gasteiger partial charge in [-0.05, 0) is 32.0 Å². The highest BCUT2D eigenvalue weighted by molar-refractivity contribution is 7.89. The summed E-state index contributed by atoms with van der Waals surface area (Å²) in [4.78, 5) is 25.2. The summed E-state index contributed by atoms with van der Waals surface area (Å²) >= 11 is 0. The predicted molar refractivity (Wildman–Crippen MR) is 94.7 cm³/mol. The van der Waals surface area contributed by atoms with Crippen molar-refractivity contribution in [3.63, 3.8) is 0 Å². The molecule has 9 heteroatoms. The van der Waals surface area contributed by atoms with Crippen LogP contribution in [-0.4, -0.2) is 62.3 Å². The van der Waals surface area contributed by atoms with Crippen LogP contribution in [0.1, 0.15) is 38.1 Å². The van der Waals surface area contributed by atoms with Crippen molar-refractivity contribution >= 4 is 21.9 Å². The van der Waals surface area contributed by atoms with E-state index in [0.717, 1.165) is 18.2 Å². The fourth-order valence-electron chi connectivity index (χ4n) is 2.41. The maximum absolute atomic E-state index is 14.0. The molecule has 7 nitrogen and oxygen atoms in total. The number of halogens is 1. The number of sulfonamides is 1. The molecule has 0 radical (unpaired) electrons. The molecule has 0 N–H and O–H groups in total. The highest BCUT2D eigenvalue weighted by Crippen LogP contribution is 2.20. The Balaban J connectivity index is 3.04. The van der Waals surface area contributed by atoms with Gasteiger partial charge in [-0.25, -0.2) is 17.6 Å². The lowest BCUT2D eigenvalue weighted by atomic mass is 10.2. The first-order valence-electron chi connectivity index (χ1n) is 8.47.